The summed E-state index contributed by atoms with van der Waals surface area (Å²) >= 11 is 0. The minimum atomic E-state index is -0.0380. The summed E-state index contributed by atoms with van der Waals surface area (Å²) in [5, 5.41) is 12.5. The summed E-state index contributed by atoms with van der Waals surface area (Å²) in [6.07, 6.45) is 4.46. The molecule has 2 N–H and O–H groups in total. The Balaban J connectivity index is 1.58. The van der Waals surface area contributed by atoms with Crippen LogP contribution in [0.3, 0.4) is 0 Å². The van der Waals surface area contributed by atoms with Crippen molar-refractivity contribution in [2.24, 2.45) is 5.92 Å². The van der Waals surface area contributed by atoms with Crippen molar-refractivity contribution in [3.63, 3.8) is 0 Å². The fourth-order valence-electron chi connectivity index (χ4n) is 4.07. The van der Waals surface area contributed by atoms with Crippen LogP contribution in [0.15, 0.2) is 0 Å². The van der Waals surface area contributed by atoms with Gasteiger partial charge in [-0.1, -0.05) is 0 Å². The fraction of sp³-hybridized carbons (Fsp3) is 0.941. The lowest BCUT2D eigenvalue weighted by Crippen LogP contribution is -2.59. The molecule has 7 nitrogen and oxygen atoms in total. The first-order valence-electron chi connectivity index (χ1n) is 9.28. The van der Waals surface area contributed by atoms with Gasteiger partial charge in [0.25, 0.3) is 0 Å². The Kier molecular flexibility index (Phi) is 6.32. The van der Waals surface area contributed by atoms with Crippen molar-refractivity contribution in [3.8, 4) is 0 Å². The molecule has 7 heteroatoms. The zero-order valence-corrected chi connectivity index (χ0v) is 14.5. The molecule has 3 aliphatic rings. The van der Waals surface area contributed by atoms with Crippen LogP contribution in [-0.4, -0.2) is 92.2 Å². The molecule has 0 aromatic heterocycles. The first-order valence-corrected chi connectivity index (χ1v) is 9.28. The standard InChI is InChI=1S/C17H31N3O4/c21-12-15-11-19(7-10-24-13-15)16(22)18-14-17(3-8-23-9-4-17)20-5-1-2-6-20/h15,21H,1-14H2,(H,18,22). The second-order valence-corrected chi connectivity index (χ2v) is 7.26. The SMILES string of the molecule is O=C(NCC1(N2CCCC2)CCOCC1)N1CCOCC(CO)C1. The van der Waals surface area contributed by atoms with Crippen LogP contribution in [0, 0.1) is 5.92 Å². The number of urea groups is 1. The number of nitrogens with one attached hydrogen (secondary N) is 1. The van der Waals surface area contributed by atoms with Crippen molar-refractivity contribution in [1.29, 1.82) is 0 Å². The maximum atomic E-state index is 12.6. The van der Waals surface area contributed by atoms with Gasteiger partial charge in [-0.05, 0) is 38.8 Å². The number of carbonyl (C=O) groups is 1. The number of ether oxygens (including phenoxy) is 2. The third-order valence-corrected chi connectivity index (χ3v) is 5.65. The number of nitrogens with zero attached hydrogens (tertiary/aromatic N) is 2. The molecule has 0 aromatic carbocycles. The predicted octanol–water partition coefficient (Wildman–Crippen LogP) is 0.282. The summed E-state index contributed by atoms with van der Waals surface area (Å²) in [5.41, 5.74) is 0.0448. The Labute approximate surface area is 144 Å². The van der Waals surface area contributed by atoms with Gasteiger partial charge < -0.3 is 24.8 Å². The number of amides is 2. The molecule has 2 amide bonds. The molecule has 3 fully saturated rings. The van der Waals surface area contributed by atoms with Gasteiger partial charge in [0.1, 0.15) is 0 Å². The number of hydrogen-bond donors (Lipinski definition) is 2. The number of aliphatic hydroxyl groups is 1. The maximum Gasteiger partial charge on any atom is 0.317 e. The van der Waals surface area contributed by atoms with E-state index in [1.165, 1.54) is 12.8 Å². The monoisotopic (exact) mass is 341 g/mol. The Bertz CT molecular complexity index is 409. The summed E-state index contributed by atoms with van der Waals surface area (Å²) in [6, 6.07) is -0.0380. The second-order valence-electron chi connectivity index (χ2n) is 7.26. The quantitative estimate of drug-likeness (QED) is 0.768. The molecule has 0 aromatic rings. The molecule has 138 valence electrons. The van der Waals surface area contributed by atoms with E-state index in [1.807, 2.05) is 0 Å². The van der Waals surface area contributed by atoms with Crippen molar-refractivity contribution in [2.75, 3.05) is 65.8 Å². The van der Waals surface area contributed by atoms with Gasteiger partial charge >= 0.3 is 6.03 Å². The van der Waals surface area contributed by atoms with Gasteiger partial charge in [0.2, 0.25) is 0 Å². The van der Waals surface area contributed by atoms with E-state index in [2.05, 4.69) is 10.2 Å². The highest BCUT2D eigenvalue weighted by Gasteiger charge is 2.40. The van der Waals surface area contributed by atoms with Crippen molar-refractivity contribution >= 4 is 6.03 Å². The average Bonchev–Trinajstić information content (AvgIpc) is 3.06. The van der Waals surface area contributed by atoms with Crippen molar-refractivity contribution in [1.82, 2.24) is 15.1 Å². The summed E-state index contributed by atoms with van der Waals surface area (Å²) in [7, 11) is 0. The number of carbonyl (C=O) groups excluding carboxylic acids is 1. The van der Waals surface area contributed by atoms with Crippen LogP contribution >= 0.6 is 0 Å². The minimum Gasteiger partial charge on any atom is -0.396 e. The molecule has 0 bridgehead atoms. The largest absolute Gasteiger partial charge is 0.396 e. The highest BCUT2D eigenvalue weighted by molar-refractivity contribution is 5.74. The van der Waals surface area contributed by atoms with Gasteiger partial charge in [0.05, 0.1) is 13.2 Å². The Morgan fingerprint density at radius 2 is 1.88 bits per heavy atom. The van der Waals surface area contributed by atoms with Gasteiger partial charge in [0.15, 0.2) is 0 Å². The minimum absolute atomic E-state index is 0.00822. The summed E-state index contributed by atoms with van der Waals surface area (Å²) in [4.78, 5) is 17.0. The fourth-order valence-corrected chi connectivity index (χ4v) is 4.07. The van der Waals surface area contributed by atoms with E-state index in [4.69, 9.17) is 9.47 Å². The van der Waals surface area contributed by atoms with Crippen LogP contribution in [-0.2, 0) is 9.47 Å². The van der Waals surface area contributed by atoms with Gasteiger partial charge in [-0.25, -0.2) is 4.79 Å². The first kappa shape index (κ1) is 17.9. The molecule has 1 atom stereocenters. The first-order chi connectivity index (χ1) is 11.7. The Morgan fingerprint density at radius 3 is 2.58 bits per heavy atom. The highest BCUT2D eigenvalue weighted by Crippen LogP contribution is 2.30. The highest BCUT2D eigenvalue weighted by atomic mass is 16.5. The lowest BCUT2D eigenvalue weighted by atomic mass is 9.88. The van der Waals surface area contributed by atoms with Gasteiger partial charge in [-0.15, -0.1) is 0 Å². The molecule has 3 aliphatic heterocycles. The van der Waals surface area contributed by atoms with Gasteiger partial charge in [-0.2, -0.15) is 0 Å². The van der Waals surface area contributed by atoms with Crippen LogP contribution in [0.4, 0.5) is 4.79 Å². The topological polar surface area (TPSA) is 74.3 Å². The van der Waals surface area contributed by atoms with E-state index in [0.29, 0.717) is 32.8 Å². The predicted molar refractivity (Wildman–Crippen MR) is 90.0 cm³/mol. The Hall–Kier alpha value is -0.890. The lowest BCUT2D eigenvalue weighted by molar-refractivity contribution is -0.0176. The van der Waals surface area contributed by atoms with Crippen LogP contribution < -0.4 is 5.32 Å². The number of likely N-dealkylation sites (tertiary alicyclic amines) is 1. The molecular formula is C17H31N3O4. The van der Waals surface area contributed by atoms with E-state index >= 15 is 0 Å². The maximum absolute atomic E-state index is 12.6. The zero-order valence-electron chi connectivity index (χ0n) is 14.5. The van der Waals surface area contributed by atoms with E-state index in [0.717, 1.165) is 39.1 Å². The van der Waals surface area contributed by atoms with Crippen LogP contribution in [0.2, 0.25) is 0 Å². The molecule has 3 saturated heterocycles. The normalized spacial score (nSPS) is 28.5. The van der Waals surface area contributed by atoms with Crippen molar-refractivity contribution in [3.05, 3.63) is 0 Å². The zero-order chi connectivity index (χ0) is 16.8. The molecule has 0 saturated carbocycles. The summed E-state index contributed by atoms with van der Waals surface area (Å²) in [5.74, 6) is 0.00822. The van der Waals surface area contributed by atoms with Crippen molar-refractivity contribution < 1.29 is 19.4 Å². The summed E-state index contributed by atoms with van der Waals surface area (Å²) in [6.45, 7) is 6.73. The molecule has 24 heavy (non-hydrogen) atoms. The number of rotatable bonds is 4. The van der Waals surface area contributed by atoms with Crippen LogP contribution in [0.5, 0.6) is 0 Å². The van der Waals surface area contributed by atoms with E-state index in [1.54, 1.807) is 4.90 Å². The smallest absolute Gasteiger partial charge is 0.317 e. The second kappa shape index (κ2) is 8.47. The lowest BCUT2D eigenvalue weighted by Gasteiger charge is -2.45. The van der Waals surface area contributed by atoms with Gasteiger partial charge in [0, 0.05) is 50.9 Å². The third kappa shape index (κ3) is 4.20. The molecule has 0 radical (unpaired) electrons. The summed E-state index contributed by atoms with van der Waals surface area (Å²) < 4.78 is 11.0. The average molecular weight is 341 g/mol. The van der Waals surface area contributed by atoms with Crippen LogP contribution in [0.25, 0.3) is 0 Å². The van der Waals surface area contributed by atoms with Crippen LogP contribution in [0.1, 0.15) is 25.7 Å². The molecule has 0 spiro atoms. The molecule has 0 aliphatic carbocycles. The van der Waals surface area contributed by atoms with E-state index in [-0.39, 0.29) is 24.1 Å². The van der Waals surface area contributed by atoms with E-state index < -0.39 is 0 Å². The molecule has 1 unspecified atom stereocenters. The molecule has 3 heterocycles. The molecular weight excluding hydrogens is 310 g/mol. The molecule has 3 rings (SSSR count). The number of aliphatic hydroxyl groups excluding tert-OH is 1. The van der Waals surface area contributed by atoms with E-state index in [9.17, 15) is 9.90 Å². The number of hydrogen-bond acceptors (Lipinski definition) is 5. The van der Waals surface area contributed by atoms with Crippen molar-refractivity contribution in [2.45, 2.75) is 31.2 Å². The van der Waals surface area contributed by atoms with Gasteiger partial charge in [-0.3, -0.25) is 4.90 Å². The third-order valence-electron chi connectivity index (χ3n) is 5.65. The Morgan fingerprint density at radius 1 is 1.12 bits per heavy atom.